The van der Waals surface area contributed by atoms with Crippen molar-refractivity contribution < 1.29 is 13.2 Å². The number of fused-ring (bicyclic) bond motifs is 1. The second-order valence-corrected chi connectivity index (χ2v) is 9.03. The van der Waals surface area contributed by atoms with Crippen molar-refractivity contribution in [2.75, 3.05) is 5.75 Å². The number of hydrogen-bond donors (Lipinski definition) is 1. The van der Waals surface area contributed by atoms with Crippen molar-refractivity contribution in [2.45, 2.75) is 24.8 Å². The zero-order chi connectivity index (χ0) is 18.7. The number of carbonyl (C=O) groups is 1. The summed E-state index contributed by atoms with van der Waals surface area (Å²) in [6.07, 6.45) is 3.61. The van der Waals surface area contributed by atoms with Gasteiger partial charge in [0.15, 0.2) is 9.84 Å². The van der Waals surface area contributed by atoms with Gasteiger partial charge >= 0.3 is 0 Å². The van der Waals surface area contributed by atoms with Crippen LogP contribution in [0.15, 0.2) is 58.2 Å². The fourth-order valence-corrected chi connectivity index (χ4v) is 4.06. The number of aryl methyl sites for hydroxylation is 1. The first kappa shape index (κ1) is 18.6. The predicted octanol–water partition coefficient (Wildman–Crippen LogP) is 2.89. The Hall–Kier alpha value is -2.19. The van der Waals surface area contributed by atoms with Gasteiger partial charge in [0.1, 0.15) is 5.65 Å². The first-order valence-corrected chi connectivity index (χ1v) is 10.5. The van der Waals surface area contributed by atoms with Gasteiger partial charge in [-0.3, -0.25) is 4.79 Å². The molecule has 1 N–H and O–H groups in total. The number of amides is 1. The predicted molar refractivity (Wildman–Crippen MR) is 103 cm³/mol. The van der Waals surface area contributed by atoms with Crippen molar-refractivity contribution >= 4 is 37.3 Å². The molecule has 0 bridgehead atoms. The molecule has 8 heteroatoms. The van der Waals surface area contributed by atoms with E-state index in [-0.39, 0.29) is 29.5 Å². The number of rotatable bonds is 6. The minimum atomic E-state index is -3.47. The molecule has 1 amide bonds. The Morgan fingerprint density at radius 1 is 1.15 bits per heavy atom. The largest absolute Gasteiger partial charge is 0.350 e. The summed E-state index contributed by atoms with van der Waals surface area (Å²) in [6.45, 7) is 2.14. The van der Waals surface area contributed by atoms with E-state index in [9.17, 15) is 13.2 Å². The third-order valence-corrected chi connectivity index (χ3v) is 6.11. The highest BCUT2D eigenvalue weighted by Crippen LogP contribution is 2.14. The lowest BCUT2D eigenvalue weighted by Gasteiger charge is -2.06. The van der Waals surface area contributed by atoms with Gasteiger partial charge in [0.05, 0.1) is 22.9 Å². The fourth-order valence-electron chi connectivity index (χ4n) is 2.47. The third kappa shape index (κ3) is 4.50. The summed E-state index contributed by atoms with van der Waals surface area (Å²) < 4.78 is 27.3. The van der Waals surface area contributed by atoms with Crippen LogP contribution in [0.5, 0.6) is 0 Å². The van der Waals surface area contributed by atoms with Gasteiger partial charge in [0.2, 0.25) is 5.91 Å². The molecule has 0 radical (unpaired) electrons. The highest BCUT2D eigenvalue weighted by atomic mass is 79.9. The maximum Gasteiger partial charge on any atom is 0.221 e. The Labute approximate surface area is 160 Å². The van der Waals surface area contributed by atoms with Crippen LogP contribution >= 0.6 is 15.9 Å². The lowest BCUT2D eigenvalue weighted by Crippen LogP contribution is -2.25. The van der Waals surface area contributed by atoms with Crippen LogP contribution in [0, 0.1) is 6.92 Å². The summed E-state index contributed by atoms with van der Waals surface area (Å²) >= 11 is 3.39. The molecular weight excluding hydrogens is 418 g/mol. The summed E-state index contributed by atoms with van der Waals surface area (Å²) in [5, 5.41) is 2.72. The van der Waals surface area contributed by atoms with Gasteiger partial charge in [0.25, 0.3) is 0 Å². The highest BCUT2D eigenvalue weighted by molar-refractivity contribution is 9.10. The van der Waals surface area contributed by atoms with E-state index < -0.39 is 9.84 Å². The van der Waals surface area contributed by atoms with Crippen molar-refractivity contribution in [3.05, 3.63) is 64.5 Å². The first-order chi connectivity index (χ1) is 12.3. The molecule has 136 valence electrons. The summed E-state index contributed by atoms with van der Waals surface area (Å²) in [4.78, 5) is 16.6. The Morgan fingerprint density at radius 3 is 2.62 bits per heavy atom. The van der Waals surface area contributed by atoms with E-state index in [4.69, 9.17) is 0 Å². The Morgan fingerprint density at radius 2 is 1.88 bits per heavy atom. The van der Waals surface area contributed by atoms with E-state index >= 15 is 0 Å². The summed E-state index contributed by atoms with van der Waals surface area (Å²) in [5.41, 5.74) is 2.47. The molecule has 0 aliphatic heterocycles. The lowest BCUT2D eigenvalue weighted by molar-refractivity contribution is -0.120. The molecule has 2 heterocycles. The van der Waals surface area contributed by atoms with Crippen LogP contribution in [0.2, 0.25) is 0 Å². The molecule has 1 aromatic carbocycles. The Kier molecular flexibility index (Phi) is 5.43. The topological polar surface area (TPSA) is 80.5 Å². The monoisotopic (exact) mass is 435 g/mol. The molecule has 0 fully saturated rings. The Balaban J connectivity index is 1.55. The summed E-state index contributed by atoms with van der Waals surface area (Å²) in [5.74, 6) is -0.543. The molecule has 3 aromatic rings. The van der Waals surface area contributed by atoms with E-state index in [2.05, 4.69) is 26.2 Å². The quantitative estimate of drug-likeness (QED) is 0.645. The van der Waals surface area contributed by atoms with Gasteiger partial charge in [-0.25, -0.2) is 13.4 Å². The van der Waals surface area contributed by atoms with E-state index in [1.165, 1.54) is 0 Å². The van der Waals surface area contributed by atoms with Crippen LogP contribution in [0.4, 0.5) is 0 Å². The number of pyridine rings is 1. The number of nitrogens with zero attached hydrogens (tertiary/aromatic N) is 2. The van der Waals surface area contributed by atoms with E-state index in [0.29, 0.717) is 5.69 Å². The zero-order valence-corrected chi connectivity index (χ0v) is 16.5. The third-order valence-electron chi connectivity index (χ3n) is 3.91. The normalized spacial score (nSPS) is 11.6. The standard InChI is InChI=1S/C18H18BrN3O3S/c1-13-2-5-16(6-3-13)26(24,25)9-8-18(23)20-10-15-12-22-11-14(19)4-7-17(22)21-15/h2-7,11-12H,8-10H2,1H3,(H,20,23). The first-order valence-electron chi connectivity index (χ1n) is 8.03. The number of benzene rings is 1. The van der Waals surface area contributed by atoms with Crippen LogP contribution in [0.1, 0.15) is 17.7 Å². The summed E-state index contributed by atoms with van der Waals surface area (Å²) in [6, 6.07) is 10.4. The minimum absolute atomic E-state index is 0.0882. The van der Waals surface area contributed by atoms with E-state index in [0.717, 1.165) is 15.7 Å². The molecule has 0 aliphatic rings. The van der Waals surface area contributed by atoms with Crippen molar-refractivity contribution in [3.8, 4) is 0 Å². The van der Waals surface area contributed by atoms with Crippen LogP contribution in [-0.4, -0.2) is 29.5 Å². The Bertz CT molecular complexity index is 1040. The number of nitrogens with one attached hydrogen (secondary N) is 1. The number of imidazole rings is 1. The van der Waals surface area contributed by atoms with Gasteiger partial charge in [-0.1, -0.05) is 17.7 Å². The van der Waals surface area contributed by atoms with Crippen molar-refractivity contribution in [1.82, 2.24) is 14.7 Å². The van der Waals surface area contributed by atoms with Crippen molar-refractivity contribution in [2.24, 2.45) is 0 Å². The van der Waals surface area contributed by atoms with Gasteiger partial charge in [0, 0.05) is 23.3 Å². The molecular formula is C18H18BrN3O3S. The second-order valence-electron chi connectivity index (χ2n) is 6.00. The molecule has 2 aromatic heterocycles. The second kappa shape index (κ2) is 7.59. The average molecular weight is 436 g/mol. The maximum absolute atomic E-state index is 12.3. The average Bonchev–Trinajstić information content (AvgIpc) is 3.00. The van der Waals surface area contributed by atoms with Gasteiger partial charge in [-0.2, -0.15) is 0 Å². The minimum Gasteiger partial charge on any atom is -0.350 e. The van der Waals surface area contributed by atoms with Gasteiger partial charge < -0.3 is 9.72 Å². The van der Waals surface area contributed by atoms with Crippen molar-refractivity contribution in [1.29, 1.82) is 0 Å². The van der Waals surface area contributed by atoms with Gasteiger partial charge in [-0.05, 0) is 47.1 Å². The molecule has 0 unspecified atom stereocenters. The lowest BCUT2D eigenvalue weighted by atomic mass is 10.2. The molecule has 0 atom stereocenters. The molecule has 0 saturated carbocycles. The van der Waals surface area contributed by atoms with Crippen LogP contribution < -0.4 is 5.32 Å². The highest BCUT2D eigenvalue weighted by Gasteiger charge is 2.16. The molecule has 3 rings (SSSR count). The number of halogens is 1. The van der Waals surface area contributed by atoms with Gasteiger partial charge in [-0.15, -0.1) is 0 Å². The zero-order valence-electron chi connectivity index (χ0n) is 14.1. The molecule has 26 heavy (non-hydrogen) atoms. The fraction of sp³-hybridized carbons (Fsp3) is 0.222. The molecule has 0 aliphatic carbocycles. The number of aromatic nitrogens is 2. The molecule has 6 nitrogen and oxygen atoms in total. The SMILES string of the molecule is Cc1ccc(S(=O)(=O)CCC(=O)NCc2cn3cc(Br)ccc3n2)cc1. The van der Waals surface area contributed by atoms with Crippen LogP contribution in [-0.2, 0) is 21.2 Å². The number of hydrogen-bond acceptors (Lipinski definition) is 4. The molecule has 0 saturated heterocycles. The van der Waals surface area contributed by atoms with E-state index in [1.54, 1.807) is 24.3 Å². The summed E-state index contributed by atoms with van der Waals surface area (Å²) in [7, 11) is -3.47. The maximum atomic E-state index is 12.3. The molecule has 0 spiro atoms. The number of sulfone groups is 1. The van der Waals surface area contributed by atoms with Crippen LogP contribution in [0.25, 0.3) is 5.65 Å². The van der Waals surface area contributed by atoms with Crippen LogP contribution in [0.3, 0.4) is 0 Å². The van der Waals surface area contributed by atoms with Crippen molar-refractivity contribution in [3.63, 3.8) is 0 Å². The smallest absolute Gasteiger partial charge is 0.221 e. The number of carbonyl (C=O) groups excluding carboxylic acids is 1. The van der Waals surface area contributed by atoms with E-state index in [1.807, 2.05) is 35.9 Å².